The lowest BCUT2D eigenvalue weighted by atomic mass is 10.0. The molecule has 0 aliphatic carbocycles. The van der Waals surface area contributed by atoms with E-state index in [0.29, 0.717) is 11.3 Å². The Bertz CT molecular complexity index is 948. The minimum atomic E-state index is -1.10. The number of hydrogen-bond acceptors (Lipinski definition) is 7. The molecule has 170 valence electrons. The number of methoxy groups -OCH3 is 1. The summed E-state index contributed by atoms with van der Waals surface area (Å²) in [7, 11) is 1.42. The van der Waals surface area contributed by atoms with Crippen molar-refractivity contribution in [3.8, 4) is 11.5 Å². The summed E-state index contributed by atoms with van der Waals surface area (Å²) in [4.78, 5) is 34.8. The maximum absolute atomic E-state index is 12.4. The summed E-state index contributed by atoms with van der Waals surface area (Å²) in [6.07, 6.45) is 0.735. The van der Waals surface area contributed by atoms with Gasteiger partial charge in [0.25, 0.3) is 0 Å². The Balaban J connectivity index is 2.00. The highest BCUT2D eigenvalue weighted by Gasteiger charge is 2.18. The second kappa shape index (κ2) is 12.6. The van der Waals surface area contributed by atoms with E-state index >= 15 is 0 Å². The average molecular weight is 443 g/mol. The van der Waals surface area contributed by atoms with Crippen LogP contribution in [0.15, 0.2) is 53.6 Å². The lowest BCUT2D eigenvalue weighted by Gasteiger charge is -2.18. The highest BCUT2D eigenvalue weighted by atomic mass is 16.5. The van der Waals surface area contributed by atoms with Crippen LogP contribution in [-0.4, -0.2) is 49.6 Å². The van der Waals surface area contributed by atoms with Gasteiger partial charge in [0.2, 0.25) is 5.91 Å². The number of benzene rings is 2. The number of nitrogens with one attached hydrogen (secondary N) is 2. The van der Waals surface area contributed by atoms with E-state index in [1.54, 1.807) is 37.3 Å². The van der Waals surface area contributed by atoms with Crippen molar-refractivity contribution in [3.05, 3.63) is 59.7 Å². The number of ether oxygens (including phenoxy) is 3. The van der Waals surface area contributed by atoms with Gasteiger partial charge in [0, 0.05) is 0 Å². The number of hydrogen-bond donors (Lipinski definition) is 3. The van der Waals surface area contributed by atoms with Gasteiger partial charge in [-0.25, -0.2) is 15.0 Å². The first kappa shape index (κ1) is 24.2. The number of rotatable bonds is 11. The maximum atomic E-state index is 12.4. The first-order valence-electron chi connectivity index (χ1n) is 9.75. The van der Waals surface area contributed by atoms with Gasteiger partial charge in [-0.15, -0.1) is 0 Å². The van der Waals surface area contributed by atoms with Gasteiger partial charge < -0.3 is 24.6 Å². The van der Waals surface area contributed by atoms with Crippen LogP contribution in [0.3, 0.4) is 0 Å². The van der Waals surface area contributed by atoms with Gasteiger partial charge in [0.05, 0.1) is 32.4 Å². The predicted octanol–water partition coefficient (Wildman–Crippen LogP) is 2.49. The Morgan fingerprint density at radius 3 is 2.53 bits per heavy atom. The highest BCUT2D eigenvalue weighted by molar-refractivity contribution is 5.83. The lowest BCUT2D eigenvalue weighted by Crippen LogP contribution is -2.33. The molecule has 1 atom stereocenters. The SMILES string of the molecule is CCOC(=O)N[C@H](CC(=O)N/N=C\c1ccc(OCC(=O)O)c(OC)c1)c1ccccc1. The number of nitrogens with zero attached hydrogens (tertiary/aromatic N) is 1. The highest BCUT2D eigenvalue weighted by Crippen LogP contribution is 2.27. The molecule has 0 fully saturated rings. The van der Waals surface area contributed by atoms with Crippen molar-refractivity contribution < 1.29 is 33.7 Å². The number of carboxylic acid groups (broad SMARTS) is 1. The predicted molar refractivity (Wildman–Crippen MR) is 116 cm³/mol. The van der Waals surface area contributed by atoms with Crippen molar-refractivity contribution in [1.29, 1.82) is 0 Å². The average Bonchev–Trinajstić information content (AvgIpc) is 2.78. The molecule has 0 aliphatic heterocycles. The zero-order chi connectivity index (χ0) is 23.3. The molecule has 2 aromatic carbocycles. The van der Waals surface area contributed by atoms with Crippen LogP contribution >= 0.6 is 0 Å². The van der Waals surface area contributed by atoms with Crippen LogP contribution in [0.5, 0.6) is 11.5 Å². The van der Waals surface area contributed by atoms with Gasteiger partial charge in [0.1, 0.15) is 0 Å². The summed E-state index contributed by atoms with van der Waals surface area (Å²) < 4.78 is 15.2. The first-order chi connectivity index (χ1) is 15.4. The number of aliphatic carboxylic acids is 1. The fourth-order valence-corrected chi connectivity index (χ4v) is 2.69. The fourth-order valence-electron chi connectivity index (χ4n) is 2.69. The molecule has 0 radical (unpaired) electrons. The van der Waals surface area contributed by atoms with Crippen molar-refractivity contribution in [2.24, 2.45) is 5.10 Å². The molecule has 0 heterocycles. The molecule has 10 nitrogen and oxygen atoms in total. The molecule has 3 N–H and O–H groups in total. The van der Waals surface area contributed by atoms with Gasteiger partial charge in [-0.3, -0.25) is 4.79 Å². The second-order valence-corrected chi connectivity index (χ2v) is 6.42. The lowest BCUT2D eigenvalue weighted by molar-refractivity contribution is -0.139. The molecule has 10 heteroatoms. The third-order valence-electron chi connectivity index (χ3n) is 4.10. The Morgan fingerprint density at radius 2 is 1.88 bits per heavy atom. The van der Waals surface area contributed by atoms with Gasteiger partial charge in [-0.05, 0) is 36.2 Å². The minimum absolute atomic E-state index is 0.0501. The zero-order valence-corrected chi connectivity index (χ0v) is 17.7. The zero-order valence-electron chi connectivity index (χ0n) is 17.7. The van der Waals surface area contributed by atoms with Crippen LogP contribution in [0.25, 0.3) is 0 Å². The Kier molecular flexibility index (Phi) is 9.51. The van der Waals surface area contributed by atoms with E-state index in [-0.39, 0.29) is 18.8 Å². The molecule has 0 saturated carbocycles. The monoisotopic (exact) mass is 443 g/mol. The number of hydrazone groups is 1. The molecule has 0 aliphatic rings. The molecule has 0 aromatic heterocycles. The van der Waals surface area contributed by atoms with Gasteiger partial charge in [-0.2, -0.15) is 5.10 Å². The third-order valence-corrected chi connectivity index (χ3v) is 4.10. The molecule has 2 rings (SSSR count). The first-order valence-corrected chi connectivity index (χ1v) is 9.75. The van der Waals surface area contributed by atoms with E-state index in [1.807, 2.05) is 18.2 Å². The molecule has 0 saturated heterocycles. The van der Waals surface area contributed by atoms with Crippen molar-refractivity contribution in [2.45, 2.75) is 19.4 Å². The van der Waals surface area contributed by atoms with Crippen molar-refractivity contribution in [1.82, 2.24) is 10.7 Å². The van der Waals surface area contributed by atoms with E-state index in [9.17, 15) is 14.4 Å². The second-order valence-electron chi connectivity index (χ2n) is 6.42. The summed E-state index contributed by atoms with van der Waals surface area (Å²) in [6.45, 7) is 1.41. The van der Waals surface area contributed by atoms with Crippen molar-refractivity contribution in [3.63, 3.8) is 0 Å². The van der Waals surface area contributed by atoms with Gasteiger partial charge in [-0.1, -0.05) is 30.3 Å². The van der Waals surface area contributed by atoms with Crippen molar-refractivity contribution in [2.75, 3.05) is 20.3 Å². The number of amides is 2. The summed E-state index contributed by atoms with van der Waals surface area (Å²) in [6, 6.07) is 13.2. The molecule has 0 spiro atoms. The summed E-state index contributed by atoms with van der Waals surface area (Å²) in [5.41, 5.74) is 3.76. The molecule has 0 bridgehead atoms. The fraction of sp³-hybridized carbons (Fsp3) is 0.273. The van der Waals surface area contributed by atoms with E-state index in [2.05, 4.69) is 15.8 Å². The number of carbonyl (C=O) groups excluding carboxylic acids is 2. The van der Waals surface area contributed by atoms with E-state index in [4.69, 9.17) is 19.3 Å². The molecule has 32 heavy (non-hydrogen) atoms. The molecule has 2 aromatic rings. The van der Waals surface area contributed by atoms with Gasteiger partial charge in [0.15, 0.2) is 18.1 Å². The Labute approximate surface area is 185 Å². The quantitative estimate of drug-likeness (QED) is 0.359. The number of carboxylic acids is 1. The van der Waals surface area contributed by atoms with Gasteiger partial charge >= 0.3 is 12.1 Å². The Morgan fingerprint density at radius 1 is 1.12 bits per heavy atom. The maximum Gasteiger partial charge on any atom is 0.407 e. The summed E-state index contributed by atoms with van der Waals surface area (Å²) in [5, 5.41) is 15.3. The molecular weight excluding hydrogens is 418 g/mol. The Hall–Kier alpha value is -4.08. The van der Waals surface area contributed by atoms with Crippen LogP contribution in [-0.2, 0) is 14.3 Å². The summed E-state index contributed by atoms with van der Waals surface area (Å²) in [5.74, 6) is -0.928. The van der Waals surface area contributed by atoms with E-state index in [0.717, 1.165) is 5.56 Å². The van der Waals surface area contributed by atoms with Crippen LogP contribution in [0.1, 0.15) is 30.5 Å². The minimum Gasteiger partial charge on any atom is -0.493 e. The molecular formula is C22H25N3O7. The normalized spacial score (nSPS) is 11.4. The van der Waals surface area contributed by atoms with E-state index in [1.165, 1.54) is 13.3 Å². The van der Waals surface area contributed by atoms with Crippen LogP contribution in [0.4, 0.5) is 4.79 Å². The van der Waals surface area contributed by atoms with Crippen molar-refractivity contribution >= 4 is 24.2 Å². The smallest absolute Gasteiger partial charge is 0.407 e. The molecule has 0 unspecified atom stereocenters. The van der Waals surface area contributed by atoms with Crippen LogP contribution in [0.2, 0.25) is 0 Å². The number of carbonyl (C=O) groups is 3. The topological polar surface area (TPSA) is 136 Å². The summed E-state index contributed by atoms with van der Waals surface area (Å²) >= 11 is 0. The van der Waals surface area contributed by atoms with E-state index < -0.39 is 30.6 Å². The van der Waals surface area contributed by atoms with Crippen LogP contribution < -0.4 is 20.2 Å². The standard InChI is InChI=1S/C22H25N3O7/c1-3-31-22(29)24-17(16-7-5-4-6-8-16)12-20(26)25-23-13-15-9-10-18(19(11-15)30-2)32-14-21(27)28/h4-11,13,17H,3,12,14H2,1-2H3,(H,24,29)(H,25,26)(H,27,28)/b23-13-/t17-/m1/s1. The van der Waals surface area contributed by atoms with Crippen LogP contribution in [0, 0.1) is 0 Å². The number of alkyl carbamates (subject to hydrolysis) is 1. The largest absolute Gasteiger partial charge is 0.493 e. The molecule has 2 amide bonds. The third kappa shape index (κ3) is 7.98.